The lowest BCUT2D eigenvalue weighted by atomic mass is 9.66. The lowest BCUT2D eigenvalue weighted by Gasteiger charge is -2.51. The second-order valence-electron chi connectivity index (χ2n) is 6.12. The summed E-state index contributed by atoms with van der Waals surface area (Å²) in [6.45, 7) is 9.62. The largest absolute Gasteiger partial charge is 0.374 e. The van der Waals surface area contributed by atoms with Crippen molar-refractivity contribution in [1.82, 2.24) is 5.32 Å². The SMILES string of the molecule is CC1C2CC(C2)NC1COC(C)(C)C.NC=O. The van der Waals surface area contributed by atoms with Crippen LogP contribution in [0.3, 0.4) is 0 Å². The summed E-state index contributed by atoms with van der Waals surface area (Å²) in [6.07, 6.45) is 3.04. The molecule has 17 heavy (non-hydrogen) atoms. The Hall–Kier alpha value is -0.610. The first-order valence-electron chi connectivity index (χ1n) is 6.42. The molecule has 0 aromatic rings. The van der Waals surface area contributed by atoms with Crippen LogP contribution in [0.4, 0.5) is 0 Å². The second-order valence-corrected chi connectivity index (χ2v) is 6.12. The predicted octanol–water partition coefficient (Wildman–Crippen LogP) is 1.29. The number of fused-ring (bicyclic) bond motifs is 2. The fraction of sp³-hybridized carbons (Fsp3) is 0.923. The Morgan fingerprint density at radius 2 is 1.94 bits per heavy atom. The molecule has 100 valence electrons. The first kappa shape index (κ1) is 14.5. The highest BCUT2D eigenvalue weighted by Crippen LogP contribution is 2.40. The monoisotopic (exact) mass is 242 g/mol. The van der Waals surface area contributed by atoms with Crippen molar-refractivity contribution in [2.45, 2.75) is 58.2 Å². The Morgan fingerprint density at radius 1 is 1.41 bits per heavy atom. The average molecular weight is 242 g/mol. The Kier molecular flexibility index (Phi) is 4.95. The summed E-state index contributed by atoms with van der Waals surface area (Å²) in [5, 5.41) is 3.68. The van der Waals surface area contributed by atoms with Gasteiger partial charge in [0.25, 0.3) is 0 Å². The number of amides is 1. The van der Waals surface area contributed by atoms with Gasteiger partial charge in [0, 0.05) is 12.1 Å². The standard InChI is InChI=1S/C12H23NO.CH3NO/c1-8-9-5-10(6-9)13-11(8)7-14-12(2,3)4;2-1-3/h8-11,13H,5-7H2,1-4H3;1H,(H2,2,3). The van der Waals surface area contributed by atoms with Crippen LogP contribution in [-0.4, -0.2) is 30.7 Å². The van der Waals surface area contributed by atoms with Crippen LogP contribution in [0.1, 0.15) is 40.5 Å². The van der Waals surface area contributed by atoms with Crippen LogP contribution in [0.15, 0.2) is 0 Å². The smallest absolute Gasteiger partial charge is 0.204 e. The van der Waals surface area contributed by atoms with Gasteiger partial charge in [-0.1, -0.05) is 6.92 Å². The van der Waals surface area contributed by atoms with Gasteiger partial charge in [-0.05, 0) is 45.4 Å². The van der Waals surface area contributed by atoms with E-state index >= 15 is 0 Å². The van der Waals surface area contributed by atoms with Gasteiger partial charge < -0.3 is 15.8 Å². The fourth-order valence-corrected chi connectivity index (χ4v) is 2.55. The van der Waals surface area contributed by atoms with Crippen molar-refractivity contribution >= 4 is 6.41 Å². The third kappa shape index (κ3) is 4.28. The number of hydrogen-bond acceptors (Lipinski definition) is 3. The van der Waals surface area contributed by atoms with E-state index in [1.54, 1.807) is 0 Å². The molecule has 4 heteroatoms. The topological polar surface area (TPSA) is 64.3 Å². The van der Waals surface area contributed by atoms with Gasteiger partial charge in [-0.3, -0.25) is 4.79 Å². The average Bonchev–Trinajstić information content (AvgIpc) is 2.14. The zero-order chi connectivity index (χ0) is 13.1. The van der Waals surface area contributed by atoms with Crippen LogP contribution < -0.4 is 11.1 Å². The van der Waals surface area contributed by atoms with Crippen LogP contribution in [0, 0.1) is 11.8 Å². The van der Waals surface area contributed by atoms with E-state index in [0.29, 0.717) is 6.04 Å². The molecule has 2 atom stereocenters. The summed E-state index contributed by atoms with van der Waals surface area (Å²) in [6, 6.07) is 1.39. The number of hydrogen-bond donors (Lipinski definition) is 2. The summed E-state index contributed by atoms with van der Waals surface area (Å²) in [5.74, 6) is 1.76. The number of rotatable bonds is 2. The minimum Gasteiger partial charge on any atom is -0.374 e. The van der Waals surface area contributed by atoms with Crippen LogP contribution in [0.25, 0.3) is 0 Å². The number of primary amides is 1. The van der Waals surface area contributed by atoms with Gasteiger partial charge in [-0.25, -0.2) is 0 Å². The van der Waals surface area contributed by atoms with Crippen LogP contribution >= 0.6 is 0 Å². The molecule has 1 aliphatic carbocycles. The summed E-state index contributed by atoms with van der Waals surface area (Å²) in [7, 11) is 0. The molecule has 3 aliphatic rings. The van der Waals surface area contributed by atoms with Crippen molar-refractivity contribution in [2.24, 2.45) is 17.6 Å². The van der Waals surface area contributed by atoms with Crippen molar-refractivity contribution < 1.29 is 9.53 Å². The molecule has 2 heterocycles. The van der Waals surface area contributed by atoms with Crippen LogP contribution in [0.5, 0.6) is 0 Å². The molecule has 3 N–H and O–H groups in total. The number of nitrogens with two attached hydrogens (primary N) is 1. The molecule has 2 saturated heterocycles. The van der Waals surface area contributed by atoms with E-state index in [1.807, 2.05) is 0 Å². The highest BCUT2D eigenvalue weighted by Gasteiger charge is 2.43. The molecule has 2 bridgehead atoms. The Morgan fingerprint density at radius 3 is 2.35 bits per heavy atom. The molecule has 3 rings (SSSR count). The van der Waals surface area contributed by atoms with Crippen molar-refractivity contribution in [3.05, 3.63) is 0 Å². The summed E-state index contributed by atoms with van der Waals surface area (Å²) in [5.41, 5.74) is 4.17. The van der Waals surface area contributed by atoms with E-state index in [-0.39, 0.29) is 12.0 Å². The number of nitrogens with one attached hydrogen (secondary N) is 1. The number of carbonyl (C=O) groups is 1. The minimum absolute atomic E-state index is 0.00301. The summed E-state index contributed by atoms with van der Waals surface area (Å²) >= 11 is 0. The Bertz CT molecular complexity index is 244. The molecular formula is C13H26N2O2. The molecule has 3 fully saturated rings. The van der Waals surface area contributed by atoms with Crippen LogP contribution in [0.2, 0.25) is 0 Å². The molecule has 2 unspecified atom stereocenters. The first-order valence-corrected chi connectivity index (χ1v) is 6.42. The highest BCUT2D eigenvalue weighted by molar-refractivity contribution is 5.42. The number of ether oxygens (including phenoxy) is 1. The van der Waals surface area contributed by atoms with E-state index in [9.17, 15) is 0 Å². The predicted molar refractivity (Wildman–Crippen MR) is 68.6 cm³/mol. The third-order valence-electron chi connectivity index (χ3n) is 3.70. The maximum atomic E-state index is 8.58. The minimum atomic E-state index is 0.00301. The van der Waals surface area contributed by atoms with Crippen LogP contribution in [-0.2, 0) is 9.53 Å². The number of carbonyl (C=O) groups excluding carboxylic acids is 1. The third-order valence-corrected chi connectivity index (χ3v) is 3.70. The van der Waals surface area contributed by atoms with E-state index < -0.39 is 0 Å². The van der Waals surface area contributed by atoms with E-state index in [4.69, 9.17) is 9.53 Å². The quantitative estimate of drug-likeness (QED) is 0.717. The maximum Gasteiger partial charge on any atom is 0.204 e. The van der Waals surface area contributed by atoms with Gasteiger partial charge in [0.2, 0.25) is 6.41 Å². The van der Waals surface area contributed by atoms with E-state index in [2.05, 4.69) is 38.7 Å². The lowest BCUT2D eigenvalue weighted by molar-refractivity contribution is -0.106. The van der Waals surface area contributed by atoms with Gasteiger partial charge >= 0.3 is 0 Å². The first-order chi connectivity index (χ1) is 7.87. The van der Waals surface area contributed by atoms with Crippen molar-refractivity contribution in [3.8, 4) is 0 Å². The Labute approximate surface area is 104 Å². The Balaban J connectivity index is 0.000000437. The second kappa shape index (κ2) is 5.83. The van der Waals surface area contributed by atoms with Gasteiger partial charge in [0.05, 0.1) is 12.2 Å². The van der Waals surface area contributed by atoms with Gasteiger partial charge in [0.1, 0.15) is 0 Å². The van der Waals surface area contributed by atoms with Crippen molar-refractivity contribution in [3.63, 3.8) is 0 Å². The normalized spacial score (nSPS) is 35.3. The molecule has 2 aliphatic heterocycles. The molecule has 0 aromatic carbocycles. The van der Waals surface area contributed by atoms with Gasteiger partial charge in [-0.15, -0.1) is 0 Å². The maximum absolute atomic E-state index is 8.58. The molecule has 4 nitrogen and oxygen atoms in total. The number of piperidine rings is 2. The summed E-state index contributed by atoms with van der Waals surface area (Å²) < 4.78 is 5.85. The zero-order valence-electron chi connectivity index (χ0n) is 11.4. The van der Waals surface area contributed by atoms with Gasteiger partial charge in [0.15, 0.2) is 0 Å². The van der Waals surface area contributed by atoms with Gasteiger partial charge in [-0.2, -0.15) is 0 Å². The molecule has 1 saturated carbocycles. The fourth-order valence-electron chi connectivity index (χ4n) is 2.55. The molecular weight excluding hydrogens is 216 g/mol. The van der Waals surface area contributed by atoms with E-state index in [1.165, 1.54) is 12.8 Å². The summed E-state index contributed by atoms with van der Waals surface area (Å²) in [4.78, 5) is 8.58. The lowest BCUT2D eigenvalue weighted by Crippen LogP contribution is -2.60. The molecule has 0 spiro atoms. The molecule has 0 aromatic heterocycles. The molecule has 1 amide bonds. The molecule has 0 radical (unpaired) electrons. The van der Waals surface area contributed by atoms with Crippen molar-refractivity contribution in [2.75, 3.05) is 6.61 Å². The van der Waals surface area contributed by atoms with Crippen molar-refractivity contribution in [1.29, 1.82) is 0 Å². The van der Waals surface area contributed by atoms with E-state index in [0.717, 1.165) is 24.5 Å². The zero-order valence-corrected chi connectivity index (χ0v) is 11.4. The highest BCUT2D eigenvalue weighted by atomic mass is 16.5.